The zero-order valence-corrected chi connectivity index (χ0v) is 10.1. The van der Waals surface area contributed by atoms with Gasteiger partial charge in [-0.2, -0.15) is 0 Å². The molecule has 0 saturated heterocycles. The summed E-state index contributed by atoms with van der Waals surface area (Å²) in [6.07, 6.45) is 3.09. The molecule has 2 unspecified atom stereocenters. The van der Waals surface area contributed by atoms with Gasteiger partial charge in [-0.25, -0.2) is 0 Å². The molecule has 0 rings (SSSR count). The quantitative estimate of drug-likeness (QED) is 0.330. The summed E-state index contributed by atoms with van der Waals surface area (Å²) >= 11 is 0. The third kappa shape index (κ3) is 7.09. The fraction of sp³-hybridized carbons (Fsp3) is 0.818. The highest BCUT2D eigenvalue weighted by atomic mass is 16.4. The molecular weight excluding hydrogens is 206 g/mol. The van der Waals surface area contributed by atoms with Gasteiger partial charge in [0.1, 0.15) is 0 Å². The molecule has 5 N–H and O–H groups in total. The Morgan fingerprint density at radius 1 is 1.44 bits per heavy atom. The van der Waals surface area contributed by atoms with Gasteiger partial charge in [-0.3, -0.25) is 9.79 Å². The van der Waals surface area contributed by atoms with E-state index in [2.05, 4.69) is 18.8 Å². The van der Waals surface area contributed by atoms with Crippen LogP contribution in [0.2, 0.25) is 0 Å². The summed E-state index contributed by atoms with van der Waals surface area (Å²) in [5, 5.41) is 9.04. The van der Waals surface area contributed by atoms with Crippen molar-refractivity contribution in [2.24, 2.45) is 28.3 Å². The third-order valence-corrected chi connectivity index (χ3v) is 2.74. The van der Waals surface area contributed by atoms with Crippen LogP contribution in [0.3, 0.4) is 0 Å². The van der Waals surface area contributed by atoms with E-state index in [9.17, 15) is 4.79 Å². The number of hydrogen-bond donors (Lipinski definition) is 3. The molecule has 0 aliphatic carbocycles. The molecule has 0 saturated carbocycles. The van der Waals surface area contributed by atoms with Crippen LogP contribution in [0.4, 0.5) is 0 Å². The molecule has 5 nitrogen and oxygen atoms in total. The van der Waals surface area contributed by atoms with Gasteiger partial charge in [-0.15, -0.1) is 0 Å². The topological polar surface area (TPSA) is 102 Å². The number of guanidine groups is 1. The molecule has 0 aliphatic heterocycles. The molecule has 0 aromatic heterocycles. The summed E-state index contributed by atoms with van der Waals surface area (Å²) in [4.78, 5) is 14.8. The minimum atomic E-state index is -0.718. The Bertz CT molecular complexity index is 237. The van der Waals surface area contributed by atoms with Crippen molar-refractivity contribution in [2.75, 3.05) is 6.54 Å². The lowest BCUT2D eigenvalue weighted by Gasteiger charge is -2.15. The summed E-state index contributed by atoms with van der Waals surface area (Å²) in [6.45, 7) is 4.65. The van der Waals surface area contributed by atoms with Crippen LogP contribution in [-0.2, 0) is 4.79 Å². The lowest BCUT2D eigenvalue weighted by molar-refractivity contribution is -0.142. The van der Waals surface area contributed by atoms with Crippen LogP contribution in [0.25, 0.3) is 0 Å². The number of carboxylic acids is 1. The Morgan fingerprint density at radius 2 is 2.06 bits per heavy atom. The molecule has 16 heavy (non-hydrogen) atoms. The standard InChI is InChI=1S/C11H23N3O2/c1-3-8(2)7-9(10(15)16)5-4-6-14-11(12)13/h8-9H,3-7H2,1-2H3,(H,15,16)(H4,12,13,14). The van der Waals surface area contributed by atoms with Crippen molar-refractivity contribution in [3.8, 4) is 0 Å². The molecule has 0 aliphatic rings. The number of nitrogens with two attached hydrogens (primary N) is 2. The van der Waals surface area contributed by atoms with Crippen LogP contribution in [0.5, 0.6) is 0 Å². The molecule has 0 fully saturated rings. The van der Waals surface area contributed by atoms with Gasteiger partial charge in [-0.05, 0) is 25.2 Å². The zero-order chi connectivity index (χ0) is 12.6. The maximum atomic E-state index is 11.0. The molecule has 0 radical (unpaired) electrons. The summed E-state index contributed by atoms with van der Waals surface area (Å²) in [6, 6.07) is 0. The van der Waals surface area contributed by atoms with E-state index < -0.39 is 5.97 Å². The summed E-state index contributed by atoms with van der Waals surface area (Å²) in [5.41, 5.74) is 10.4. The predicted molar refractivity (Wildman–Crippen MR) is 65.1 cm³/mol. The van der Waals surface area contributed by atoms with E-state index in [0.717, 1.165) is 12.8 Å². The number of aliphatic imine (C=N–C) groups is 1. The SMILES string of the molecule is CCC(C)CC(CCCN=C(N)N)C(=O)O. The molecule has 94 valence electrons. The molecular formula is C11H23N3O2. The second-order valence-corrected chi connectivity index (χ2v) is 4.23. The second-order valence-electron chi connectivity index (χ2n) is 4.23. The zero-order valence-electron chi connectivity index (χ0n) is 10.1. The number of rotatable bonds is 8. The maximum Gasteiger partial charge on any atom is 0.306 e. The summed E-state index contributed by atoms with van der Waals surface area (Å²) in [5.74, 6) is -0.480. The van der Waals surface area contributed by atoms with Gasteiger partial charge in [0, 0.05) is 6.54 Å². The molecule has 0 aromatic rings. The Hall–Kier alpha value is -1.26. The van der Waals surface area contributed by atoms with Crippen LogP contribution >= 0.6 is 0 Å². The Kier molecular flexibility index (Phi) is 7.33. The largest absolute Gasteiger partial charge is 0.481 e. The Labute approximate surface area is 96.9 Å². The van der Waals surface area contributed by atoms with E-state index in [1.165, 1.54) is 0 Å². The van der Waals surface area contributed by atoms with Crippen molar-refractivity contribution in [1.82, 2.24) is 0 Å². The molecule has 0 amide bonds. The van der Waals surface area contributed by atoms with Crippen molar-refractivity contribution < 1.29 is 9.90 Å². The fourth-order valence-corrected chi connectivity index (χ4v) is 1.54. The lowest BCUT2D eigenvalue weighted by Crippen LogP contribution is -2.23. The maximum absolute atomic E-state index is 11.0. The average molecular weight is 229 g/mol. The number of aliphatic carboxylic acids is 1. The van der Waals surface area contributed by atoms with Crippen LogP contribution in [0.1, 0.15) is 39.5 Å². The van der Waals surface area contributed by atoms with E-state index in [1.807, 2.05) is 0 Å². The highest BCUT2D eigenvalue weighted by Crippen LogP contribution is 2.19. The molecule has 0 spiro atoms. The van der Waals surface area contributed by atoms with E-state index >= 15 is 0 Å². The van der Waals surface area contributed by atoms with Crippen molar-refractivity contribution in [1.29, 1.82) is 0 Å². The van der Waals surface area contributed by atoms with E-state index in [4.69, 9.17) is 16.6 Å². The number of nitrogens with zero attached hydrogens (tertiary/aromatic N) is 1. The van der Waals surface area contributed by atoms with E-state index in [0.29, 0.717) is 25.3 Å². The highest BCUT2D eigenvalue weighted by Gasteiger charge is 2.19. The third-order valence-electron chi connectivity index (χ3n) is 2.74. The van der Waals surface area contributed by atoms with Crippen LogP contribution in [0, 0.1) is 11.8 Å². The van der Waals surface area contributed by atoms with E-state index in [1.54, 1.807) is 0 Å². The van der Waals surface area contributed by atoms with Crippen LogP contribution < -0.4 is 11.5 Å². The average Bonchev–Trinajstić information content (AvgIpc) is 2.21. The van der Waals surface area contributed by atoms with Gasteiger partial charge in [0.15, 0.2) is 5.96 Å². The van der Waals surface area contributed by atoms with Crippen LogP contribution in [-0.4, -0.2) is 23.6 Å². The smallest absolute Gasteiger partial charge is 0.306 e. The minimum Gasteiger partial charge on any atom is -0.481 e. The fourth-order valence-electron chi connectivity index (χ4n) is 1.54. The molecule has 0 bridgehead atoms. The van der Waals surface area contributed by atoms with Crippen molar-refractivity contribution in [3.05, 3.63) is 0 Å². The second kappa shape index (κ2) is 7.96. The number of carbonyl (C=O) groups is 1. The van der Waals surface area contributed by atoms with Gasteiger partial charge in [0.2, 0.25) is 0 Å². The van der Waals surface area contributed by atoms with Gasteiger partial charge in [-0.1, -0.05) is 20.3 Å². The molecule has 2 atom stereocenters. The minimum absolute atomic E-state index is 0.0637. The van der Waals surface area contributed by atoms with Gasteiger partial charge >= 0.3 is 5.97 Å². The van der Waals surface area contributed by atoms with Gasteiger partial charge in [0.05, 0.1) is 5.92 Å². The Morgan fingerprint density at radius 3 is 2.50 bits per heavy atom. The molecule has 0 aromatic carbocycles. The molecule has 0 heterocycles. The van der Waals surface area contributed by atoms with Crippen molar-refractivity contribution in [3.63, 3.8) is 0 Å². The predicted octanol–water partition coefficient (Wildman–Crippen LogP) is 1.18. The first kappa shape index (κ1) is 14.7. The van der Waals surface area contributed by atoms with Crippen molar-refractivity contribution in [2.45, 2.75) is 39.5 Å². The monoisotopic (exact) mass is 229 g/mol. The molecule has 5 heteroatoms. The number of hydrogen-bond acceptors (Lipinski definition) is 2. The lowest BCUT2D eigenvalue weighted by atomic mass is 9.91. The normalized spacial score (nSPS) is 14.1. The Balaban J connectivity index is 3.95. The summed E-state index contributed by atoms with van der Waals surface area (Å²) in [7, 11) is 0. The van der Waals surface area contributed by atoms with Gasteiger partial charge in [0.25, 0.3) is 0 Å². The number of carboxylic acid groups (broad SMARTS) is 1. The van der Waals surface area contributed by atoms with Crippen molar-refractivity contribution >= 4 is 11.9 Å². The first-order valence-electron chi connectivity index (χ1n) is 5.75. The highest BCUT2D eigenvalue weighted by molar-refractivity contribution is 5.75. The first-order chi connectivity index (χ1) is 7.47. The van der Waals surface area contributed by atoms with Crippen LogP contribution in [0.15, 0.2) is 4.99 Å². The van der Waals surface area contributed by atoms with Gasteiger partial charge < -0.3 is 16.6 Å². The first-order valence-corrected chi connectivity index (χ1v) is 5.75. The van der Waals surface area contributed by atoms with E-state index in [-0.39, 0.29) is 11.9 Å². The summed E-state index contributed by atoms with van der Waals surface area (Å²) < 4.78 is 0.